The first-order chi connectivity index (χ1) is 7.75. The predicted molar refractivity (Wildman–Crippen MR) is 60.8 cm³/mol. The molecule has 0 aromatic carbocycles. The molecule has 0 unspecified atom stereocenters. The number of nitrogen functional groups attached to an aromatic ring is 1. The van der Waals surface area contributed by atoms with E-state index in [0.29, 0.717) is 17.4 Å². The van der Waals surface area contributed by atoms with E-state index >= 15 is 0 Å². The summed E-state index contributed by atoms with van der Waals surface area (Å²) in [6.07, 6.45) is 3.06. The van der Waals surface area contributed by atoms with E-state index in [1.807, 2.05) is 6.07 Å². The van der Waals surface area contributed by atoms with Crippen LogP contribution in [0.2, 0.25) is 5.02 Å². The van der Waals surface area contributed by atoms with Crippen molar-refractivity contribution in [3.05, 3.63) is 35.2 Å². The molecule has 0 aliphatic heterocycles. The van der Waals surface area contributed by atoms with Gasteiger partial charge in [-0.15, -0.1) is 0 Å². The van der Waals surface area contributed by atoms with E-state index < -0.39 is 0 Å². The van der Waals surface area contributed by atoms with Gasteiger partial charge < -0.3 is 11.1 Å². The summed E-state index contributed by atoms with van der Waals surface area (Å²) in [6, 6.07) is 3.65. The second-order valence-corrected chi connectivity index (χ2v) is 3.40. The lowest BCUT2D eigenvalue weighted by Gasteiger charge is -2.06. The molecule has 0 radical (unpaired) electrons. The lowest BCUT2D eigenvalue weighted by molar-refractivity contribution is 0.920. The zero-order chi connectivity index (χ0) is 11.4. The minimum atomic E-state index is 0.172. The first-order valence-electron chi connectivity index (χ1n) is 4.54. The van der Waals surface area contributed by atoms with Gasteiger partial charge >= 0.3 is 0 Å². The fraction of sp³-hybridized carbons (Fsp3) is 0.111. The Bertz CT molecular complexity index is 475. The Kier molecular flexibility index (Phi) is 3.11. The molecule has 0 spiro atoms. The normalized spacial score (nSPS) is 10.1. The molecule has 2 aromatic heterocycles. The van der Waals surface area contributed by atoms with Crippen molar-refractivity contribution in [3.8, 4) is 0 Å². The third-order valence-corrected chi connectivity index (χ3v) is 2.10. The van der Waals surface area contributed by atoms with Crippen molar-refractivity contribution in [2.75, 3.05) is 11.1 Å². The van der Waals surface area contributed by atoms with Crippen LogP contribution in [0, 0.1) is 0 Å². The molecule has 7 heteroatoms. The second-order valence-electron chi connectivity index (χ2n) is 2.99. The fourth-order valence-corrected chi connectivity index (χ4v) is 1.26. The van der Waals surface area contributed by atoms with Gasteiger partial charge in [-0.25, -0.2) is 4.98 Å². The molecule has 0 amide bonds. The van der Waals surface area contributed by atoms with E-state index in [9.17, 15) is 0 Å². The van der Waals surface area contributed by atoms with Crippen LogP contribution in [0.25, 0.3) is 0 Å². The van der Waals surface area contributed by atoms with Crippen LogP contribution in [-0.2, 0) is 6.54 Å². The standard InChI is InChI=1S/C9H9ClN6/c10-7-5-13-9(11)15-8(7)12-4-6-2-1-3-14-16-6/h1-3,5H,4H2,(H3,11,12,13,15). The molecule has 0 atom stereocenters. The van der Waals surface area contributed by atoms with Gasteiger partial charge in [-0.3, -0.25) is 0 Å². The minimum Gasteiger partial charge on any atom is -0.368 e. The lowest BCUT2D eigenvalue weighted by atomic mass is 10.4. The molecular formula is C9H9ClN6. The fourth-order valence-electron chi connectivity index (χ4n) is 1.11. The van der Waals surface area contributed by atoms with Gasteiger partial charge in [0.15, 0.2) is 5.82 Å². The van der Waals surface area contributed by atoms with Crippen LogP contribution >= 0.6 is 11.6 Å². The number of anilines is 2. The molecule has 82 valence electrons. The summed E-state index contributed by atoms with van der Waals surface area (Å²) in [5, 5.41) is 11.1. The number of nitrogens with one attached hydrogen (secondary N) is 1. The van der Waals surface area contributed by atoms with Crippen LogP contribution in [0.1, 0.15) is 5.69 Å². The number of hydrogen-bond acceptors (Lipinski definition) is 6. The number of halogens is 1. The van der Waals surface area contributed by atoms with Crippen LogP contribution in [0.3, 0.4) is 0 Å². The van der Waals surface area contributed by atoms with E-state index in [1.165, 1.54) is 6.20 Å². The lowest BCUT2D eigenvalue weighted by Crippen LogP contribution is -2.06. The highest BCUT2D eigenvalue weighted by atomic mass is 35.5. The average molecular weight is 237 g/mol. The molecule has 16 heavy (non-hydrogen) atoms. The third-order valence-electron chi connectivity index (χ3n) is 1.83. The number of rotatable bonds is 3. The largest absolute Gasteiger partial charge is 0.368 e. The van der Waals surface area contributed by atoms with Crippen LogP contribution < -0.4 is 11.1 Å². The Balaban J connectivity index is 2.08. The van der Waals surface area contributed by atoms with Crippen LogP contribution in [0.15, 0.2) is 24.5 Å². The summed E-state index contributed by atoms with van der Waals surface area (Å²) in [6.45, 7) is 0.476. The Morgan fingerprint density at radius 1 is 1.44 bits per heavy atom. The van der Waals surface area contributed by atoms with Crippen molar-refractivity contribution >= 4 is 23.4 Å². The summed E-state index contributed by atoms with van der Waals surface area (Å²) in [7, 11) is 0. The van der Waals surface area contributed by atoms with Gasteiger partial charge in [0.05, 0.1) is 18.4 Å². The van der Waals surface area contributed by atoms with Gasteiger partial charge in [0, 0.05) is 6.20 Å². The van der Waals surface area contributed by atoms with Crippen molar-refractivity contribution in [2.45, 2.75) is 6.54 Å². The topological polar surface area (TPSA) is 89.6 Å². The van der Waals surface area contributed by atoms with E-state index in [-0.39, 0.29) is 5.95 Å². The second kappa shape index (κ2) is 4.71. The van der Waals surface area contributed by atoms with Crippen LogP contribution in [0.5, 0.6) is 0 Å². The van der Waals surface area contributed by atoms with E-state index in [2.05, 4.69) is 25.5 Å². The van der Waals surface area contributed by atoms with E-state index in [4.69, 9.17) is 17.3 Å². The van der Waals surface area contributed by atoms with Crippen LogP contribution in [0.4, 0.5) is 11.8 Å². The zero-order valence-electron chi connectivity index (χ0n) is 8.26. The Hall–Kier alpha value is -1.95. The molecule has 0 fully saturated rings. The smallest absolute Gasteiger partial charge is 0.222 e. The van der Waals surface area contributed by atoms with Gasteiger partial charge in [0.2, 0.25) is 5.95 Å². The highest BCUT2D eigenvalue weighted by Gasteiger charge is 2.03. The van der Waals surface area contributed by atoms with Gasteiger partial charge in [-0.1, -0.05) is 11.6 Å². The molecule has 0 saturated heterocycles. The zero-order valence-corrected chi connectivity index (χ0v) is 9.02. The first-order valence-corrected chi connectivity index (χ1v) is 4.92. The third kappa shape index (κ3) is 2.54. The van der Waals surface area contributed by atoms with Crippen LogP contribution in [-0.4, -0.2) is 20.2 Å². The summed E-state index contributed by atoms with van der Waals surface area (Å²) >= 11 is 5.88. The summed E-state index contributed by atoms with van der Waals surface area (Å²) < 4.78 is 0. The number of nitrogens with two attached hydrogens (primary N) is 1. The molecule has 6 nitrogen and oxygen atoms in total. The molecule has 2 aromatic rings. The van der Waals surface area contributed by atoms with Crippen molar-refractivity contribution in [3.63, 3.8) is 0 Å². The predicted octanol–water partition coefficient (Wildman–Crippen LogP) is 1.11. The highest BCUT2D eigenvalue weighted by Crippen LogP contribution is 2.18. The van der Waals surface area contributed by atoms with Gasteiger partial charge in [0.25, 0.3) is 0 Å². The molecule has 0 saturated carbocycles. The van der Waals surface area contributed by atoms with E-state index in [0.717, 1.165) is 5.69 Å². The molecule has 0 aliphatic carbocycles. The quantitative estimate of drug-likeness (QED) is 0.830. The van der Waals surface area contributed by atoms with Crippen molar-refractivity contribution < 1.29 is 0 Å². The molecule has 2 rings (SSSR count). The SMILES string of the molecule is Nc1ncc(Cl)c(NCc2cccnn2)n1. The molecule has 0 bridgehead atoms. The van der Waals surface area contributed by atoms with Crippen molar-refractivity contribution in [2.24, 2.45) is 0 Å². The molecule has 3 N–H and O–H groups in total. The minimum absolute atomic E-state index is 0.172. The number of aromatic nitrogens is 4. The summed E-state index contributed by atoms with van der Waals surface area (Å²) in [4.78, 5) is 7.72. The molecular weight excluding hydrogens is 228 g/mol. The number of nitrogens with zero attached hydrogens (tertiary/aromatic N) is 4. The Morgan fingerprint density at radius 2 is 2.31 bits per heavy atom. The molecule has 0 aliphatic rings. The maximum Gasteiger partial charge on any atom is 0.222 e. The van der Waals surface area contributed by atoms with Crippen molar-refractivity contribution in [1.82, 2.24) is 20.2 Å². The monoisotopic (exact) mass is 236 g/mol. The van der Waals surface area contributed by atoms with Gasteiger partial charge in [-0.2, -0.15) is 15.2 Å². The highest BCUT2D eigenvalue weighted by molar-refractivity contribution is 6.32. The first kappa shape index (κ1) is 10.6. The average Bonchev–Trinajstić information content (AvgIpc) is 2.32. The van der Waals surface area contributed by atoms with Gasteiger partial charge in [0.1, 0.15) is 5.02 Å². The Morgan fingerprint density at radius 3 is 3.06 bits per heavy atom. The maximum absolute atomic E-state index is 5.88. The van der Waals surface area contributed by atoms with Crippen molar-refractivity contribution in [1.29, 1.82) is 0 Å². The van der Waals surface area contributed by atoms with Gasteiger partial charge in [-0.05, 0) is 12.1 Å². The molecule has 2 heterocycles. The summed E-state index contributed by atoms with van der Waals surface area (Å²) in [5.74, 6) is 0.658. The summed E-state index contributed by atoms with van der Waals surface area (Å²) in [5.41, 5.74) is 6.24. The Labute approximate surface area is 96.9 Å². The van der Waals surface area contributed by atoms with E-state index in [1.54, 1.807) is 12.3 Å². The number of hydrogen-bond donors (Lipinski definition) is 2. The maximum atomic E-state index is 5.88.